The maximum Gasteiger partial charge on any atom is 0.264 e. The average Bonchev–Trinajstić information content (AvgIpc) is 1.73. The number of alkyl halides is 1. The van der Waals surface area contributed by atoms with Crippen molar-refractivity contribution in [3.8, 4) is 0 Å². The lowest BCUT2D eigenvalue weighted by molar-refractivity contribution is -0.225. The third-order valence-corrected chi connectivity index (χ3v) is 3.20. The number of rotatable bonds is 3. The minimum Gasteiger partial charge on any atom is -0.270 e. The van der Waals surface area contributed by atoms with Crippen LogP contribution in [0, 0.1) is 5.41 Å². The Bertz CT molecular complexity index is 289. The van der Waals surface area contributed by atoms with Gasteiger partial charge in [0.1, 0.15) is 5.67 Å². The molecule has 2 bridgehead atoms. The van der Waals surface area contributed by atoms with Gasteiger partial charge in [-0.15, -0.1) is 0 Å². The predicted octanol–water partition coefficient (Wildman–Crippen LogP) is 0.855. The minimum atomic E-state index is -3.35. The average molecular weight is 194 g/mol. The normalized spacial score (nSPS) is 44.8. The molecule has 0 heterocycles. The first-order valence-corrected chi connectivity index (χ1v) is 5.68. The van der Waals surface area contributed by atoms with Gasteiger partial charge in [-0.05, 0) is 19.3 Å². The Morgan fingerprint density at radius 2 is 1.92 bits per heavy atom. The summed E-state index contributed by atoms with van der Waals surface area (Å²) in [6.45, 7) is 0.164. The van der Waals surface area contributed by atoms with E-state index < -0.39 is 15.8 Å². The summed E-state index contributed by atoms with van der Waals surface area (Å²) in [5.74, 6) is 0. The Balaban J connectivity index is 1.84. The molecule has 3 nitrogen and oxygen atoms in total. The molecule has 3 saturated carbocycles. The van der Waals surface area contributed by atoms with Crippen molar-refractivity contribution in [1.29, 1.82) is 0 Å². The zero-order valence-electron chi connectivity index (χ0n) is 6.84. The van der Waals surface area contributed by atoms with Gasteiger partial charge < -0.3 is 0 Å². The second kappa shape index (κ2) is 2.01. The van der Waals surface area contributed by atoms with Gasteiger partial charge in [-0.25, -0.2) is 4.39 Å². The van der Waals surface area contributed by atoms with Crippen molar-refractivity contribution in [3.63, 3.8) is 0 Å². The Morgan fingerprint density at radius 1 is 1.42 bits per heavy atom. The first kappa shape index (κ1) is 8.44. The Morgan fingerprint density at radius 3 is 2.25 bits per heavy atom. The van der Waals surface area contributed by atoms with Crippen LogP contribution in [0.15, 0.2) is 0 Å². The van der Waals surface area contributed by atoms with Gasteiger partial charge in [-0.2, -0.15) is 8.42 Å². The van der Waals surface area contributed by atoms with Gasteiger partial charge in [0, 0.05) is 5.41 Å². The predicted molar refractivity (Wildman–Crippen MR) is 40.9 cm³/mol. The molecule has 0 radical (unpaired) electrons. The Kier molecular flexibility index (Phi) is 1.41. The lowest BCUT2D eigenvalue weighted by Gasteiger charge is -2.65. The Labute approximate surface area is 71.0 Å². The molecule has 3 aliphatic rings. The summed E-state index contributed by atoms with van der Waals surface area (Å²) < 4.78 is 38.8. The zero-order chi connectivity index (χ0) is 9.04. The summed E-state index contributed by atoms with van der Waals surface area (Å²) in [6.07, 6.45) is 2.46. The summed E-state index contributed by atoms with van der Waals surface area (Å²) in [5, 5.41) is 0. The van der Waals surface area contributed by atoms with Gasteiger partial charge >= 0.3 is 0 Å². The van der Waals surface area contributed by atoms with Crippen molar-refractivity contribution in [2.75, 3.05) is 12.9 Å². The molecule has 0 aromatic carbocycles. The number of halogens is 1. The molecule has 0 atom stereocenters. The molecule has 0 aliphatic heterocycles. The second-order valence-electron chi connectivity index (χ2n) is 4.15. The largest absolute Gasteiger partial charge is 0.270 e. The fraction of sp³-hybridized carbons (Fsp3) is 1.00. The number of hydrogen-bond donors (Lipinski definition) is 0. The van der Waals surface area contributed by atoms with Crippen LogP contribution in [0.2, 0.25) is 0 Å². The van der Waals surface area contributed by atoms with Crippen molar-refractivity contribution < 1.29 is 17.0 Å². The van der Waals surface area contributed by atoms with Gasteiger partial charge in [0.15, 0.2) is 0 Å². The van der Waals surface area contributed by atoms with Gasteiger partial charge in [-0.1, -0.05) is 0 Å². The smallest absolute Gasteiger partial charge is 0.264 e. The van der Waals surface area contributed by atoms with Crippen LogP contribution in [0.25, 0.3) is 0 Å². The van der Waals surface area contributed by atoms with E-state index in [0.717, 1.165) is 6.26 Å². The maximum atomic E-state index is 12.9. The van der Waals surface area contributed by atoms with Crippen molar-refractivity contribution in [2.24, 2.45) is 5.41 Å². The molecule has 0 amide bonds. The maximum absolute atomic E-state index is 12.9. The highest BCUT2D eigenvalue weighted by Gasteiger charge is 2.69. The van der Waals surface area contributed by atoms with Crippen LogP contribution in [0.4, 0.5) is 4.39 Å². The van der Waals surface area contributed by atoms with Gasteiger partial charge in [-0.3, -0.25) is 4.18 Å². The molecule has 3 rings (SSSR count). The van der Waals surface area contributed by atoms with E-state index in [2.05, 4.69) is 4.18 Å². The highest BCUT2D eigenvalue weighted by molar-refractivity contribution is 7.85. The van der Waals surface area contributed by atoms with Crippen molar-refractivity contribution in [3.05, 3.63) is 0 Å². The lowest BCUT2D eigenvalue weighted by Crippen LogP contribution is -2.66. The first-order valence-electron chi connectivity index (χ1n) is 3.86. The molecule has 0 spiro atoms. The van der Waals surface area contributed by atoms with E-state index in [1.165, 1.54) is 0 Å². The lowest BCUT2D eigenvalue weighted by atomic mass is 9.43. The quantitative estimate of drug-likeness (QED) is 0.626. The third-order valence-electron chi connectivity index (χ3n) is 2.65. The van der Waals surface area contributed by atoms with Crippen LogP contribution in [-0.4, -0.2) is 26.9 Å². The van der Waals surface area contributed by atoms with Crippen LogP contribution in [0.3, 0.4) is 0 Å². The second-order valence-corrected chi connectivity index (χ2v) is 5.79. The van der Waals surface area contributed by atoms with Gasteiger partial charge in [0.05, 0.1) is 12.9 Å². The molecule has 0 aromatic rings. The molecule has 0 saturated heterocycles. The van der Waals surface area contributed by atoms with E-state index in [4.69, 9.17) is 0 Å². The van der Waals surface area contributed by atoms with Gasteiger partial charge in [0.25, 0.3) is 10.1 Å². The SMILES string of the molecule is CS(=O)(=O)OCC12CC(F)(C1)C2. The van der Waals surface area contributed by atoms with E-state index in [-0.39, 0.29) is 12.0 Å². The van der Waals surface area contributed by atoms with Crippen molar-refractivity contribution >= 4 is 10.1 Å². The summed E-state index contributed by atoms with van der Waals surface area (Å²) in [5.41, 5.74) is -1.11. The molecule has 5 heteroatoms. The highest BCUT2D eigenvalue weighted by Crippen LogP contribution is 2.69. The zero-order valence-corrected chi connectivity index (χ0v) is 7.66. The molecule has 0 aromatic heterocycles. The first-order chi connectivity index (χ1) is 5.33. The monoisotopic (exact) mass is 194 g/mol. The molecule has 0 unspecified atom stereocenters. The molecule has 12 heavy (non-hydrogen) atoms. The van der Waals surface area contributed by atoms with E-state index in [0.29, 0.717) is 19.3 Å². The minimum absolute atomic E-state index is 0.141. The van der Waals surface area contributed by atoms with E-state index >= 15 is 0 Å². The van der Waals surface area contributed by atoms with Crippen LogP contribution in [0.5, 0.6) is 0 Å². The van der Waals surface area contributed by atoms with Crippen LogP contribution < -0.4 is 0 Å². The fourth-order valence-corrected chi connectivity index (χ4v) is 2.71. The Hall–Kier alpha value is -0.160. The van der Waals surface area contributed by atoms with E-state index in [1.54, 1.807) is 0 Å². The van der Waals surface area contributed by atoms with Crippen LogP contribution in [-0.2, 0) is 14.3 Å². The summed E-state index contributed by atoms with van der Waals surface area (Å²) in [6, 6.07) is 0. The molecular formula is C7H11FO3S. The van der Waals surface area contributed by atoms with Crippen molar-refractivity contribution in [2.45, 2.75) is 24.9 Å². The molecule has 0 N–H and O–H groups in total. The third kappa shape index (κ3) is 1.25. The van der Waals surface area contributed by atoms with Crippen molar-refractivity contribution in [1.82, 2.24) is 0 Å². The van der Waals surface area contributed by atoms with Crippen LogP contribution >= 0.6 is 0 Å². The fourth-order valence-electron chi connectivity index (χ4n) is 2.25. The van der Waals surface area contributed by atoms with Gasteiger partial charge in [0.2, 0.25) is 0 Å². The standard InChI is InChI=1S/C7H11FO3S/c1-12(9,10)11-5-6-2-7(8,3-6)4-6/h2-5H2,1H3. The summed E-state index contributed by atoms with van der Waals surface area (Å²) in [7, 11) is -3.35. The highest BCUT2D eigenvalue weighted by atomic mass is 32.2. The molecule has 3 fully saturated rings. The van der Waals surface area contributed by atoms with Crippen LogP contribution in [0.1, 0.15) is 19.3 Å². The summed E-state index contributed by atoms with van der Waals surface area (Å²) >= 11 is 0. The number of hydrogen-bond acceptors (Lipinski definition) is 3. The molecule has 3 aliphatic carbocycles. The topological polar surface area (TPSA) is 43.4 Å². The molecular weight excluding hydrogens is 183 g/mol. The van der Waals surface area contributed by atoms with E-state index in [9.17, 15) is 12.8 Å². The molecule has 70 valence electrons. The summed E-state index contributed by atoms with van der Waals surface area (Å²) in [4.78, 5) is 0. The van der Waals surface area contributed by atoms with E-state index in [1.807, 2.05) is 0 Å².